The molecule has 1 atom stereocenters. The third-order valence-electron chi connectivity index (χ3n) is 2.24. The second-order valence-corrected chi connectivity index (χ2v) is 3.59. The number of carbonyl (C=O) groups is 2. The van der Waals surface area contributed by atoms with Gasteiger partial charge in [0.05, 0.1) is 11.7 Å². The van der Waals surface area contributed by atoms with Gasteiger partial charge < -0.3 is 16.2 Å². The van der Waals surface area contributed by atoms with Gasteiger partial charge in [0.25, 0.3) is 0 Å². The number of anilines is 1. The van der Waals surface area contributed by atoms with E-state index >= 15 is 0 Å². The molecule has 0 spiro atoms. The molecule has 1 unspecified atom stereocenters. The number of rotatable bonds is 5. The smallest absolute Gasteiger partial charge is 0.340 e. The Morgan fingerprint density at radius 1 is 1.56 bits per heavy atom. The van der Waals surface area contributed by atoms with Crippen molar-refractivity contribution in [2.24, 2.45) is 5.73 Å². The van der Waals surface area contributed by atoms with Crippen molar-refractivity contribution in [3.8, 4) is 0 Å². The number of amides is 1. The van der Waals surface area contributed by atoms with Gasteiger partial charge in [0.2, 0.25) is 5.91 Å². The van der Waals surface area contributed by atoms with Crippen molar-refractivity contribution in [1.29, 1.82) is 0 Å². The SMILES string of the molecule is C=CCC(N)C(=O)Nc1cccc(F)c1C(=O)O. The molecule has 0 aliphatic heterocycles. The van der Waals surface area contributed by atoms with E-state index in [1.165, 1.54) is 18.2 Å². The number of halogens is 1. The maximum absolute atomic E-state index is 13.3. The van der Waals surface area contributed by atoms with Crippen molar-refractivity contribution in [2.75, 3.05) is 5.32 Å². The minimum absolute atomic E-state index is 0.119. The number of aromatic carboxylic acids is 1. The van der Waals surface area contributed by atoms with Gasteiger partial charge in [-0.15, -0.1) is 6.58 Å². The number of benzene rings is 1. The van der Waals surface area contributed by atoms with E-state index in [4.69, 9.17) is 10.8 Å². The lowest BCUT2D eigenvalue weighted by molar-refractivity contribution is -0.117. The van der Waals surface area contributed by atoms with Crippen LogP contribution in [0, 0.1) is 5.82 Å². The minimum Gasteiger partial charge on any atom is -0.478 e. The second-order valence-electron chi connectivity index (χ2n) is 3.59. The molecule has 5 nitrogen and oxygen atoms in total. The highest BCUT2D eigenvalue weighted by molar-refractivity contribution is 6.02. The molecule has 0 saturated heterocycles. The number of hydrogen-bond acceptors (Lipinski definition) is 3. The fraction of sp³-hybridized carbons (Fsp3) is 0.167. The lowest BCUT2D eigenvalue weighted by Crippen LogP contribution is -2.35. The van der Waals surface area contributed by atoms with E-state index in [2.05, 4.69) is 11.9 Å². The Kier molecular flexibility index (Phi) is 4.56. The van der Waals surface area contributed by atoms with Crippen LogP contribution < -0.4 is 11.1 Å². The summed E-state index contributed by atoms with van der Waals surface area (Å²) in [5.74, 6) is -2.97. The lowest BCUT2D eigenvalue weighted by atomic mass is 10.1. The van der Waals surface area contributed by atoms with Gasteiger partial charge >= 0.3 is 5.97 Å². The molecule has 0 aliphatic carbocycles. The fourth-order valence-corrected chi connectivity index (χ4v) is 1.36. The summed E-state index contributed by atoms with van der Waals surface area (Å²) in [5, 5.41) is 11.1. The van der Waals surface area contributed by atoms with Gasteiger partial charge in [0.15, 0.2) is 0 Å². The number of hydrogen-bond donors (Lipinski definition) is 3. The number of carboxylic acid groups (broad SMARTS) is 1. The summed E-state index contributed by atoms with van der Waals surface area (Å²) in [6.07, 6.45) is 1.71. The zero-order valence-corrected chi connectivity index (χ0v) is 9.52. The van der Waals surface area contributed by atoms with Crippen LogP contribution in [0.3, 0.4) is 0 Å². The Morgan fingerprint density at radius 2 is 2.22 bits per heavy atom. The normalized spacial score (nSPS) is 11.7. The van der Waals surface area contributed by atoms with E-state index in [0.29, 0.717) is 0 Å². The Bertz CT molecular complexity index is 488. The predicted octanol–water partition coefficient (Wildman–Crippen LogP) is 1.37. The van der Waals surface area contributed by atoms with E-state index in [-0.39, 0.29) is 12.1 Å². The Hall–Kier alpha value is -2.21. The first kappa shape index (κ1) is 13.9. The van der Waals surface area contributed by atoms with E-state index in [9.17, 15) is 14.0 Å². The first-order valence-corrected chi connectivity index (χ1v) is 5.16. The maximum atomic E-state index is 13.3. The zero-order chi connectivity index (χ0) is 13.7. The largest absolute Gasteiger partial charge is 0.478 e. The van der Waals surface area contributed by atoms with Crippen LogP contribution >= 0.6 is 0 Å². The molecule has 6 heteroatoms. The number of nitrogens with two attached hydrogens (primary N) is 1. The third kappa shape index (κ3) is 3.14. The third-order valence-corrected chi connectivity index (χ3v) is 2.24. The van der Waals surface area contributed by atoms with Crippen LogP contribution in [0.2, 0.25) is 0 Å². The molecule has 0 heterocycles. The van der Waals surface area contributed by atoms with Crippen molar-refractivity contribution < 1.29 is 19.1 Å². The quantitative estimate of drug-likeness (QED) is 0.690. The molecule has 0 aromatic heterocycles. The monoisotopic (exact) mass is 252 g/mol. The van der Waals surface area contributed by atoms with E-state index in [0.717, 1.165) is 6.07 Å². The van der Waals surface area contributed by atoms with Crippen molar-refractivity contribution >= 4 is 17.6 Å². The first-order valence-electron chi connectivity index (χ1n) is 5.16. The van der Waals surface area contributed by atoms with Crippen LogP contribution in [-0.4, -0.2) is 23.0 Å². The van der Waals surface area contributed by atoms with Crippen molar-refractivity contribution in [3.05, 3.63) is 42.2 Å². The average molecular weight is 252 g/mol. The van der Waals surface area contributed by atoms with Crippen LogP contribution in [-0.2, 0) is 4.79 Å². The summed E-state index contributed by atoms with van der Waals surface area (Å²) in [5.41, 5.74) is 4.81. The van der Waals surface area contributed by atoms with Crippen LogP contribution in [0.15, 0.2) is 30.9 Å². The van der Waals surface area contributed by atoms with Gasteiger partial charge in [-0.1, -0.05) is 12.1 Å². The first-order chi connectivity index (χ1) is 8.47. The standard InChI is InChI=1S/C12H13FN2O3/c1-2-4-8(14)11(16)15-9-6-3-5-7(13)10(9)12(17)18/h2-3,5-6,8H,1,4,14H2,(H,15,16)(H,17,18). The topological polar surface area (TPSA) is 92.4 Å². The molecule has 96 valence electrons. The van der Waals surface area contributed by atoms with Gasteiger partial charge in [-0.3, -0.25) is 4.79 Å². The van der Waals surface area contributed by atoms with Crippen LogP contribution in [0.4, 0.5) is 10.1 Å². The zero-order valence-electron chi connectivity index (χ0n) is 9.52. The maximum Gasteiger partial charge on any atom is 0.340 e. The molecule has 1 amide bonds. The predicted molar refractivity (Wildman–Crippen MR) is 64.8 cm³/mol. The summed E-state index contributed by atoms with van der Waals surface area (Å²) >= 11 is 0. The molecule has 1 aromatic rings. The molecule has 4 N–H and O–H groups in total. The van der Waals surface area contributed by atoms with Gasteiger partial charge in [-0.2, -0.15) is 0 Å². The number of nitrogens with one attached hydrogen (secondary N) is 1. The Balaban J connectivity index is 2.98. The van der Waals surface area contributed by atoms with Crippen LogP contribution in [0.25, 0.3) is 0 Å². The van der Waals surface area contributed by atoms with Crippen LogP contribution in [0.5, 0.6) is 0 Å². The van der Waals surface area contributed by atoms with Crippen molar-refractivity contribution in [3.63, 3.8) is 0 Å². The van der Waals surface area contributed by atoms with E-state index in [1.54, 1.807) is 0 Å². The molecule has 0 aliphatic rings. The van der Waals surface area contributed by atoms with Crippen LogP contribution in [0.1, 0.15) is 16.8 Å². The summed E-state index contributed by atoms with van der Waals surface area (Å²) in [6, 6.07) is 2.75. The highest BCUT2D eigenvalue weighted by Gasteiger charge is 2.19. The molecular formula is C12H13FN2O3. The van der Waals surface area contributed by atoms with Crippen molar-refractivity contribution in [2.45, 2.75) is 12.5 Å². The molecule has 0 saturated carbocycles. The van der Waals surface area contributed by atoms with Crippen molar-refractivity contribution in [1.82, 2.24) is 0 Å². The molecule has 1 aromatic carbocycles. The second kappa shape index (κ2) is 5.92. The van der Waals surface area contributed by atoms with Gasteiger partial charge in [0.1, 0.15) is 11.4 Å². The minimum atomic E-state index is -1.46. The van der Waals surface area contributed by atoms with Gasteiger partial charge in [-0.25, -0.2) is 9.18 Å². The highest BCUT2D eigenvalue weighted by atomic mass is 19.1. The Labute approximate surface area is 103 Å². The molecule has 0 fully saturated rings. The number of carboxylic acids is 1. The van der Waals surface area contributed by atoms with E-state index in [1.807, 2.05) is 0 Å². The molecule has 18 heavy (non-hydrogen) atoms. The fourth-order valence-electron chi connectivity index (χ4n) is 1.36. The summed E-state index contributed by atoms with van der Waals surface area (Å²) < 4.78 is 13.3. The van der Waals surface area contributed by atoms with Gasteiger partial charge in [0, 0.05) is 0 Å². The molecule has 0 radical (unpaired) electrons. The summed E-state index contributed by atoms with van der Waals surface area (Å²) in [7, 11) is 0. The lowest BCUT2D eigenvalue weighted by Gasteiger charge is -2.12. The molecule has 0 bridgehead atoms. The Morgan fingerprint density at radius 3 is 2.78 bits per heavy atom. The molecule has 1 rings (SSSR count). The summed E-state index contributed by atoms with van der Waals surface area (Å²) in [4.78, 5) is 22.5. The summed E-state index contributed by atoms with van der Waals surface area (Å²) in [6.45, 7) is 3.44. The number of carbonyl (C=O) groups excluding carboxylic acids is 1. The van der Waals surface area contributed by atoms with Gasteiger partial charge in [-0.05, 0) is 18.6 Å². The van der Waals surface area contributed by atoms with E-state index < -0.39 is 29.3 Å². The average Bonchev–Trinajstić information content (AvgIpc) is 2.28. The highest BCUT2D eigenvalue weighted by Crippen LogP contribution is 2.19. The molecular weight excluding hydrogens is 239 g/mol.